The molecule has 2 heterocycles. The van der Waals surface area contributed by atoms with E-state index in [9.17, 15) is 4.79 Å². The molecule has 0 N–H and O–H groups in total. The first-order valence-corrected chi connectivity index (χ1v) is 6.27. The molecule has 2 aromatic heterocycles. The summed E-state index contributed by atoms with van der Waals surface area (Å²) in [4.78, 5) is 20.0. The first kappa shape index (κ1) is 12.3. The lowest BCUT2D eigenvalue weighted by Gasteiger charge is -2.01. The number of carbonyl (C=O) groups excluding carboxylic acids is 1. The summed E-state index contributed by atoms with van der Waals surface area (Å²) in [5, 5.41) is 0. The fourth-order valence-corrected chi connectivity index (χ4v) is 1.88. The van der Waals surface area contributed by atoms with Gasteiger partial charge in [0.15, 0.2) is 5.58 Å². The van der Waals surface area contributed by atoms with Crippen LogP contribution in [-0.2, 0) is 4.74 Å². The Morgan fingerprint density at radius 3 is 2.95 bits per heavy atom. The summed E-state index contributed by atoms with van der Waals surface area (Å²) in [5.41, 5.74) is 2.42. The first-order chi connectivity index (χ1) is 9.78. The van der Waals surface area contributed by atoms with E-state index in [1.165, 1.54) is 6.20 Å². The number of hydrogen-bond acceptors (Lipinski definition) is 5. The van der Waals surface area contributed by atoms with E-state index in [4.69, 9.17) is 9.15 Å². The number of rotatable bonds is 3. The molecule has 0 saturated heterocycles. The lowest BCUT2D eigenvalue weighted by atomic mass is 10.2. The summed E-state index contributed by atoms with van der Waals surface area (Å²) >= 11 is 0. The summed E-state index contributed by atoms with van der Waals surface area (Å²) < 4.78 is 10.6. The van der Waals surface area contributed by atoms with Gasteiger partial charge in [0.05, 0.1) is 6.61 Å². The quantitative estimate of drug-likeness (QED) is 0.683. The Morgan fingerprint density at radius 1 is 1.30 bits per heavy atom. The average Bonchev–Trinajstić information content (AvgIpc) is 2.91. The van der Waals surface area contributed by atoms with Gasteiger partial charge in [0.1, 0.15) is 11.2 Å². The lowest BCUT2D eigenvalue weighted by Crippen LogP contribution is -2.06. The SMILES string of the molecule is CCOC(=O)c1cc(-c2nc3ccccc3o2)ccn1. The molecule has 1 aromatic carbocycles. The van der Waals surface area contributed by atoms with Gasteiger partial charge >= 0.3 is 5.97 Å². The molecule has 0 aliphatic rings. The summed E-state index contributed by atoms with van der Waals surface area (Å²) in [6.45, 7) is 2.07. The van der Waals surface area contributed by atoms with Crippen LogP contribution in [0, 0.1) is 0 Å². The number of para-hydroxylation sites is 2. The van der Waals surface area contributed by atoms with Crippen molar-refractivity contribution in [2.75, 3.05) is 6.61 Å². The molecule has 0 amide bonds. The number of ether oxygens (including phenoxy) is 1. The molecule has 0 unspecified atom stereocenters. The van der Waals surface area contributed by atoms with Crippen LogP contribution in [0.5, 0.6) is 0 Å². The van der Waals surface area contributed by atoms with Gasteiger partial charge in [0.2, 0.25) is 5.89 Å². The van der Waals surface area contributed by atoms with Crippen LogP contribution in [0.25, 0.3) is 22.6 Å². The zero-order valence-electron chi connectivity index (χ0n) is 10.9. The number of oxazole rings is 1. The largest absolute Gasteiger partial charge is 0.461 e. The Balaban J connectivity index is 2.01. The van der Waals surface area contributed by atoms with Crippen LogP contribution >= 0.6 is 0 Å². The highest BCUT2D eigenvalue weighted by atomic mass is 16.5. The fourth-order valence-electron chi connectivity index (χ4n) is 1.88. The Hall–Kier alpha value is -2.69. The molecule has 20 heavy (non-hydrogen) atoms. The van der Waals surface area contributed by atoms with Crippen molar-refractivity contribution in [1.82, 2.24) is 9.97 Å². The molecule has 0 atom stereocenters. The zero-order chi connectivity index (χ0) is 13.9. The number of pyridine rings is 1. The first-order valence-electron chi connectivity index (χ1n) is 6.27. The summed E-state index contributed by atoms with van der Waals surface area (Å²) in [5.74, 6) is 0.00427. The molecule has 3 aromatic rings. The molecule has 0 spiro atoms. The van der Waals surface area contributed by atoms with E-state index in [2.05, 4.69) is 9.97 Å². The van der Waals surface area contributed by atoms with Crippen LogP contribution in [0.2, 0.25) is 0 Å². The maximum Gasteiger partial charge on any atom is 0.356 e. The van der Waals surface area contributed by atoms with Gasteiger partial charge in [0.25, 0.3) is 0 Å². The van der Waals surface area contributed by atoms with Crippen molar-refractivity contribution < 1.29 is 13.9 Å². The van der Waals surface area contributed by atoms with Crippen molar-refractivity contribution in [1.29, 1.82) is 0 Å². The van der Waals surface area contributed by atoms with Crippen LogP contribution < -0.4 is 0 Å². The van der Waals surface area contributed by atoms with E-state index in [1.54, 1.807) is 19.1 Å². The fraction of sp³-hybridized carbons (Fsp3) is 0.133. The predicted molar refractivity (Wildman–Crippen MR) is 73.2 cm³/mol. The molecule has 0 fully saturated rings. The van der Waals surface area contributed by atoms with Crippen LogP contribution in [0.15, 0.2) is 47.0 Å². The van der Waals surface area contributed by atoms with Crippen molar-refractivity contribution in [3.63, 3.8) is 0 Å². The maximum atomic E-state index is 11.7. The van der Waals surface area contributed by atoms with Crippen LogP contribution in [0.1, 0.15) is 17.4 Å². The Kier molecular flexibility index (Phi) is 3.16. The van der Waals surface area contributed by atoms with Gasteiger partial charge in [-0.3, -0.25) is 0 Å². The van der Waals surface area contributed by atoms with Crippen LogP contribution in [-0.4, -0.2) is 22.5 Å². The Labute approximate surface area is 115 Å². The highest BCUT2D eigenvalue weighted by Crippen LogP contribution is 2.24. The molecule has 0 aliphatic carbocycles. The van der Waals surface area contributed by atoms with Crippen molar-refractivity contribution >= 4 is 17.1 Å². The van der Waals surface area contributed by atoms with Gasteiger partial charge in [0, 0.05) is 11.8 Å². The topological polar surface area (TPSA) is 65.2 Å². The van der Waals surface area contributed by atoms with Gasteiger partial charge in [-0.2, -0.15) is 0 Å². The van der Waals surface area contributed by atoms with Gasteiger partial charge in [-0.05, 0) is 31.2 Å². The summed E-state index contributed by atoms with van der Waals surface area (Å²) in [7, 11) is 0. The maximum absolute atomic E-state index is 11.7. The minimum absolute atomic E-state index is 0.242. The van der Waals surface area contributed by atoms with E-state index >= 15 is 0 Å². The van der Waals surface area contributed by atoms with Crippen LogP contribution in [0.3, 0.4) is 0 Å². The number of nitrogens with zero attached hydrogens (tertiary/aromatic N) is 2. The Morgan fingerprint density at radius 2 is 2.15 bits per heavy atom. The van der Waals surface area contributed by atoms with Gasteiger partial charge in [-0.25, -0.2) is 14.8 Å². The van der Waals surface area contributed by atoms with Gasteiger partial charge < -0.3 is 9.15 Å². The number of benzene rings is 1. The van der Waals surface area contributed by atoms with E-state index in [-0.39, 0.29) is 5.69 Å². The third kappa shape index (κ3) is 2.25. The molecule has 5 heteroatoms. The molecule has 5 nitrogen and oxygen atoms in total. The third-order valence-electron chi connectivity index (χ3n) is 2.79. The second kappa shape index (κ2) is 5.13. The monoisotopic (exact) mass is 268 g/mol. The highest BCUT2D eigenvalue weighted by Gasteiger charge is 2.12. The molecule has 0 radical (unpaired) electrons. The molecular formula is C15H12N2O3. The Bertz CT molecular complexity index is 731. The zero-order valence-corrected chi connectivity index (χ0v) is 10.9. The number of esters is 1. The van der Waals surface area contributed by atoms with E-state index < -0.39 is 5.97 Å². The van der Waals surface area contributed by atoms with Gasteiger partial charge in [-0.15, -0.1) is 0 Å². The van der Waals surface area contributed by atoms with E-state index in [0.29, 0.717) is 23.6 Å². The second-order valence-corrected chi connectivity index (χ2v) is 4.14. The average molecular weight is 268 g/mol. The number of fused-ring (bicyclic) bond motifs is 1. The molecular weight excluding hydrogens is 256 g/mol. The van der Waals surface area contributed by atoms with Gasteiger partial charge in [-0.1, -0.05) is 12.1 Å². The lowest BCUT2D eigenvalue weighted by molar-refractivity contribution is 0.0519. The second-order valence-electron chi connectivity index (χ2n) is 4.14. The van der Waals surface area contributed by atoms with Crippen molar-refractivity contribution in [2.45, 2.75) is 6.92 Å². The molecule has 100 valence electrons. The van der Waals surface area contributed by atoms with E-state index in [1.807, 2.05) is 24.3 Å². The van der Waals surface area contributed by atoms with E-state index in [0.717, 1.165) is 5.52 Å². The molecule has 0 saturated carbocycles. The molecule has 0 bridgehead atoms. The number of carbonyl (C=O) groups is 1. The van der Waals surface area contributed by atoms with Crippen molar-refractivity contribution in [3.05, 3.63) is 48.3 Å². The number of aromatic nitrogens is 2. The highest BCUT2D eigenvalue weighted by molar-refractivity contribution is 5.88. The van der Waals surface area contributed by atoms with Crippen LogP contribution in [0.4, 0.5) is 0 Å². The summed E-state index contributed by atoms with van der Waals surface area (Å²) in [6, 6.07) is 10.9. The number of hydrogen-bond donors (Lipinski definition) is 0. The minimum Gasteiger partial charge on any atom is -0.461 e. The minimum atomic E-state index is -0.453. The third-order valence-corrected chi connectivity index (χ3v) is 2.79. The van der Waals surface area contributed by atoms with Crippen molar-refractivity contribution in [2.24, 2.45) is 0 Å². The standard InChI is InChI=1S/C15H12N2O3/c1-2-19-15(18)12-9-10(7-8-16-12)14-17-11-5-3-4-6-13(11)20-14/h3-9H,2H2,1H3. The summed E-state index contributed by atoms with van der Waals surface area (Å²) in [6.07, 6.45) is 1.54. The smallest absolute Gasteiger partial charge is 0.356 e. The molecule has 3 rings (SSSR count). The molecule has 0 aliphatic heterocycles. The predicted octanol–water partition coefficient (Wildman–Crippen LogP) is 3.07. The normalized spacial score (nSPS) is 10.7. The van der Waals surface area contributed by atoms with Crippen molar-refractivity contribution in [3.8, 4) is 11.5 Å².